The van der Waals surface area contributed by atoms with Crippen LogP contribution in [0.3, 0.4) is 0 Å². The van der Waals surface area contributed by atoms with Crippen molar-refractivity contribution in [1.82, 2.24) is 25.1 Å². The molecule has 1 N–H and O–H groups in total. The maximum Gasteiger partial charge on any atom is 0.262 e. The van der Waals surface area contributed by atoms with Gasteiger partial charge in [-0.1, -0.05) is 27.7 Å². The molecule has 4 amide bonds. The number of nitrogens with one attached hydrogen (secondary N) is 1. The number of carbonyl (C=O) groups is 5. The number of rotatable bonds is 11. The van der Waals surface area contributed by atoms with Gasteiger partial charge in [-0.3, -0.25) is 39.1 Å². The Morgan fingerprint density at radius 3 is 2.15 bits per heavy atom. The van der Waals surface area contributed by atoms with Crippen LogP contribution in [0.1, 0.15) is 108 Å². The van der Waals surface area contributed by atoms with E-state index in [9.17, 15) is 34.5 Å². The third-order valence-corrected chi connectivity index (χ3v) is 13.9. The van der Waals surface area contributed by atoms with Crippen LogP contribution in [0.2, 0.25) is 0 Å². The number of imide groups is 2. The lowest BCUT2D eigenvalue weighted by Gasteiger charge is -2.63. The van der Waals surface area contributed by atoms with Crippen molar-refractivity contribution < 1.29 is 28.7 Å². The van der Waals surface area contributed by atoms with Crippen LogP contribution in [-0.4, -0.2) is 107 Å². The first kappa shape index (κ1) is 41.5. The molecule has 1 unspecified atom stereocenters. The monoisotopic (exact) mass is 825 g/mol. The summed E-state index contributed by atoms with van der Waals surface area (Å²) in [6.45, 7) is 14.5. The predicted octanol–water partition coefficient (Wildman–Crippen LogP) is 4.75. The van der Waals surface area contributed by atoms with Crippen LogP contribution in [0.5, 0.6) is 5.75 Å². The first-order valence-corrected chi connectivity index (χ1v) is 21.2. The highest BCUT2D eigenvalue weighted by atomic mass is 16.5. The highest BCUT2D eigenvalue weighted by Crippen LogP contribution is 2.61. The van der Waals surface area contributed by atoms with Gasteiger partial charge in [-0.15, -0.1) is 0 Å². The van der Waals surface area contributed by atoms with Gasteiger partial charge in [0, 0.05) is 81.0 Å². The number of Topliss-reactive ketones (excluding diaryl/α,β-unsaturated/α-hetero) is 1. The van der Waals surface area contributed by atoms with E-state index in [1.54, 1.807) is 42.7 Å². The molecule has 61 heavy (non-hydrogen) atoms. The van der Waals surface area contributed by atoms with Crippen molar-refractivity contribution in [3.05, 3.63) is 76.6 Å². The Morgan fingerprint density at radius 2 is 1.49 bits per heavy atom. The molecule has 0 spiro atoms. The molecule has 0 bridgehead atoms. The highest BCUT2D eigenvalue weighted by Gasteiger charge is 2.63. The minimum absolute atomic E-state index is 0.00179. The van der Waals surface area contributed by atoms with Crippen LogP contribution >= 0.6 is 0 Å². The second kappa shape index (κ2) is 16.3. The summed E-state index contributed by atoms with van der Waals surface area (Å²) < 4.78 is 6.39. The number of nitrogens with zero attached hydrogens (tertiary/aromatic N) is 8. The number of hydrogen-bond acceptors (Lipinski definition) is 13. The van der Waals surface area contributed by atoms with Crippen molar-refractivity contribution in [1.29, 1.82) is 10.5 Å². The van der Waals surface area contributed by atoms with E-state index in [2.05, 4.69) is 63.7 Å². The zero-order valence-corrected chi connectivity index (χ0v) is 35.1. The quantitative estimate of drug-likeness (QED) is 0.206. The van der Waals surface area contributed by atoms with Gasteiger partial charge in [0.05, 0.1) is 27.8 Å². The lowest BCUT2D eigenvalue weighted by molar-refractivity contribution is -0.196. The molecule has 0 radical (unpaired) electrons. The summed E-state index contributed by atoms with van der Waals surface area (Å²) in [6.07, 6.45) is 6.84. The van der Waals surface area contributed by atoms with E-state index in [1.165, 1.54) is 0 Å². The fraction of sp³-hybridized carbons (Fsp3) is 0.500. The molecule has 8 rings (SSSR count). The predicted molar refractivity (Wildman–Crippen MR) is 224 cm³/mol. The number of aromatic nitrogens is 2. The Morgan fingerprint density at radius 1 is 0.820 bits per heavy atom. The average Bonchev–Trinajstić information content (AvgIpc) is 3.51. The van der Waals surface area contributed by atoms with Gasteiger partial charge in [0.1, 0.15) is 30.0 Å². The van der Waals surface area contributed by atoms with Crippen LogP contribution in [0.15, 0.2) is 48.8 Å². The lowest BCUT2D eigenvalue weighted by Crippen LogP contribution is -2.66. The number of fused-ring (bicyclic) bond motifs is 1. The molecule has 15 heteroatoms. The third kappa shape index (κ3) is 7.83. The Bertz CT molecular complexity index is 2330. The average molecular weight is 826 g/mol. The van der Waals surface area contributed by atoms with E-state index in [1.807, 2.05) is 12.1 Å². The Hall–Kier alpha value is -6.19. The minimum Gasteiger partial charge on any atom is -0.489 e. The smallest absolute Gasteiger partial charge is 0.262 e. The summed E-state index contributed by atoms with van der Waals surface area (Å²) >= 11 is 0. The van der Waals surface area contributed by atoms with E-state index in [-0.39, 0.29) is 52.6 Å². The number of piperidine rings is 2. The third-order valence-electron chi connectivity index (χ3n) is 13.9. The molecule has 5 heterocycles. The molecular weight excluding hydrogens is 775 g/mol. The van der Waals surface area contributed by atoms with Crippen LogP contribution in [0.25, 0.3) is 0 Å². The summed E-state index contributed by atoms with van der Waals surface area (Å²) in [4.78, 5) is 81.2. The molecule has 5 aliphatic rings. The summed E-state index contributed by atoms with van der Waals surface area (Å²) in [5.74, 6) is -0.183. The summed E-state index contributed by atoms with van der Waals surface area (Å²) in [5, 5.41) is 21.0. The van der Waals surface area contributed by atoms with Crippen molar-refractivity contribution in [2.24, 2.45) is 22.7 Å². The number of amides is 4. The highest BCUT2D eigenvalue weighted by molar-refractivity contribution is 6.23. The molecule has 2 aromatic carbocycles. The number of carbonyl (C=O) groups excluding carboxylic acids is 5. The van der Waals surface area contributed by atoms with Crippen LogP contribution in [0, 0.1) is 45.3 Å². The van der Waals surface area contributed by atoms with Crippen LogP contribution in [-0.2, 0) is 9.59 Å². The van der Waals surface area contributed by atoms with Gasteiger partial charge in [0.25, 0.3) is 11.8 Å². The largest absolute Gasteiger partial charge is 0.489 e. The van der Waals surface area contributed by atoms with Gasteiger partial charge < -0.3 is 14.5 Å². The van der Waals surface area contributed by atoms with Crippen molar-refractivity contribution in [2.45, 2.75) is 78.4 Å². The van der Waals surface area contributed by atoms with Crippen LogP contribution in [0.4, 0.5) is 11.6 Å². The molecule has 316 valence electrons. The Balaban J connectivity index is 0.771. The van der Waals surface area contributed by atoms with Gasteiger partial charge in [0.15, 0.2) is 5.78 Å². The van der Waals surface area contributed by atoms with E-state index >= 15 is 0 Å². The zero-order chi connectivity index (χ0) is 43.2. The number of piperazine rings is 1. The fourth-order valence-electron chi connectivity index (χ4n) is 10.5. The van der Waals surface area contributed by atoms with E-state index < -0.39 is 29.7 Å². The number of nitriles is 2. The second-order valence-electron chi connectivity index (χ2n) is 18.2. The normalized spacial score (nSPS) is 23.8. The Labute approximate surface area is 355 Å². The first-order chi connectivity index (χ1) is 29.2. The maximum atomic E-state index is 13.6. The van der Waals surface area contributed by atoms with Crippen molar-refractivity contribution in [2.75, 3.05) is 55.6 Å². The van der Waals surface area contributed by atoms with E-state index in [0.717, 1.165) is 75.7 Å². The molecule has 1 saturated carbocycles. The van der Waals surface area contributed by atoms with E-state index in [0.29, 0.717) is 40.7 Å². The SMILES string of the molecule is CC1(C)C(CC(=O)c2cnc(N3CCC(CCN4CCN(c5ccc6c(c5)C(=O)N(C5CCC(=O)NC5=O)C6=O)CC4)CC3)nc2)C(C)(C)C1Oc1ccc(C#N)c(C#N)c1. The molecule has 4 aliphatic heterocycles. The molecular formula is C46H51N9O6. The molecule has 1 atom stereocenters. The molecule has 4 fully saturated rings. The number of ketones is 1. The van der Waals surface area contributed by atoms with Gasteiger partial charge in [-0.05, 0) is 80.5 Å². The van der Waals surface area contributed by atoms with Crippen LogP contribution < -0.4 is 19.9 Å². The van der Waals surface area contributed by atoms with Gasteiger partial charge >= 0.3 is 0 Å². The Kier molecular flexibility index (Phi) is 11.1. The second-order valence-corrected chi connectivity index (χ2v) is 18.2. The number of hydrogen-bond donors (Lipinski definition) is 1. The summed E-state index contributed by atoms with van der Waals surface area (Å²) in [6, 6.07) is 13.3. The van der Waals surface area contributed by atoms with Gasteiger partial charge in [-0.2, -0.15) is 10.5 Å². The van der Waals surface area contributed by atoms with E-state index in [4.69, 9.17) is 4.74 Å². The van der Waals surface area contributed by atoms with Crippen molar-refractivity contribution in [3.63, 3.8) is 0 Å². The lowest BCUT2D eigenvalue weighted by atomic mass is 9.44. The first-order valence-electron chi connectivity index (χ1n) is 21.2. The summed E-state index contributed by atoms with van der Waals surface area (Å²) in [5.41, 5.74) is 1.91. The number of ether oxygens (including phenoxy) is 1. The molecule has 1 aromatic heterocycles. The maximum absolute atomic E-state index is 13.6. The van der Waals surface area contributed by atoms with Gasteiger partial charge in [-0.25, -0.2) is 9.97 Å². The number of anilines is 2. The molecule has 3 aromatic rings. The standard InChI is InChI=1S/C46H51N9O6/c1-45(2)38(46(3,4)43(45)61-33-7-5-29(24-47)30(21-33)25-48)23-37(56)31-26-49-44(50-27-31)54-15-12-28(13-16-54)11-14-52-17-19-53(20-18-52)32-6-8-34-35(22-32)42(60)55(41(34)59)36-9-10-39(57)51-40(36)58/h5-8,21-22,26-28,36,38,43H,9-20,23H2,1-4H3,(H,51,57,58). The molecule has 15 nitrogen and oxygen atoms in total. The zero-order valence-electron chi connectivity index (χ0n) is 35.1. The minimum atomic E-state index is -0.978. The van der Waals surface area contributed by atoms with Crippen molar-refractivity contribution >= 4 is 41.0 Å². The molecule has 3 saturated heterocycles. The van der Waals surface area contributed by atoms with Gasteiger partial charge in [0.2, 0.25) is 17.8 Å². The molecule has 1 aliphatic carbocycles. The topological polar surface area (TPSA) is 193 Å². The fourth-order valence-corrected chi connectivity index (χ4v) is 10.5. The summed E-state index contributed by atoms with van der Waals surface area (Å²) in [7, 11) is 0. The van der Waals surface area contributed by atoms with Crippen molar-refractivity contribution in [3.8, 4) is 17.9 Å². The number of benzene rings is 2.